The molecule has 1 aromatic carbocycles. The molecule has 4 heteroatoms. The molecule has 2 rings (SSSR count). The monoisotopic (exact) mass is 262 g/mol. The Labute approximate surface area is 112 Å². The van der Waals surface area contributed by atoms with Gasteiger partial charge in [-0.05, 0) is 25.3 Å². The van der Waals surface area contributed by atoms with Gasteiger partial charge in [0.05, 0.1) is 18.0 Å². The normalized spacial score (nSPS) is 10.9. The Balaban J connectivity index is 2.43. The molecule has 96 valence electrons. The smallest absolute Gasteiger partial charge is 0.111 e. The second kappa shape index (κ2) is 5.59. The van der Waals surface area contributed by atoms with Gasteiger partial charge in [0.1, 0.15) is 5.82 Å². The highest BCUT2D eigenvalue weighted by atomic mass is 32.2. The number of nitrogens with zero attached hydrogens (tertiary/aromatic N) is 2. The van der Waals surface area contributed by atoms with Gasteiger partial charge in [-0.15, -0.1) is 11.8 Å². The van der Waals surface area contributed by atoms with E-state index in [1.54, 1.807) is 11.8 Å². The highest BCUT2D eigenvalue weighted by Crippen LogP contribution is 2.26. The minimum absolute atomic E-state index is 0.134. The summed E-state index contributed by atoms with van der Waals surface area (Å²) in [6, 6.07) is 8.49. The van der Waals surface area contributed by atoms with Crippen molar-refractivity contribution in [1.29, 1.82) is 0 Å². The Morgan fingerprint density at radius 1 is 1.28 bits per heavy atom. The fraction of sp³-hybridized carbons (Fsp3) is 0.357. The zero-order valence-corrected chi connectivity index (χ0v) is 11.8. The summed E-state index contributed by atoms with van der Waals surface area (Å²) in [7, 11) is 2.00. The number of hydrogen-bond acceptors (Lipinski definition) is 3. The van der Waals surface area contributed by atoms with Crippen LogP contribution in [0.15, 0.2) is 29.2 Å². The number of aliphatic hydroxyl groups excluding tert-OH is 1. The van der Waals surface area contributed by atoms with Crippen LogP contribution in [0.3, 0.4) is 0 Å². The van der Waals surface area contributed by atoms with E-state index in [4.69, 9.17) is 5.11 Å². The fourth-order valence-electron chi connectivity index (χ4n) is 2.17. The first-order valence-corrected chi connectivity index (χ1v) is 7.17. The molecule has 18 heavy (non-hydrogen) atoms. The van der Waals surface area contributed by atoms with Gasteiger partial charge in [0.25, 0.3) is 0 Å². The molecule has 3 nitrogen and oxygen atoms in total. The summed E-state index contributed by atoms with van der Waals surface area (Å²) in [6.07, 6.45) is 2.67. The average molecular weight is 262 g/mol. The van der Waals surface area contributed by atoms with E-state index in [1.165, 1.54) is 10.5 Å². The summed E-state index contributed by atoms with van der Waals surface area (Å²) in [5.74, 6) is 0.930. The summed E-state index contributed by atoms with van der Waals surface area (Å²) < 4.78 is 2.07. The molecular weight excluding hydrogens is 244 g/mol. The van der Waals surface area contributed by atoms with Gasteiger partial charge in [-0.25, -0.2) is 4.98 Å². The van der Waals surface area contributed by atoms with Crippen LogP contribution in [0.5, 0.6) is 0 Å². The van der Waals surface area contributed by atoms with Crippen LogP contribution in [-0.2, 0) is 13.5 Å². The van der Waals surface area contributed by atoms with Gasteiger partial charge in [-0.1, -0.05) is 12.1 Å². The first-order chi connectivity index (χ1) is 8.67. The molecule has 0 fully saturated rings. The molecule has 2 aromatic rings. The standard InChI is InChI=1S/C14H18N2OS/c1-10-14(16(2)13(15-10)8-9-17)11-4-6-12(18-3)7-5-11/h4-7,17H,8-9H2,1-3H3. The van der Waals surface area contributed by atoms with Crippen LogP contribution >= 0.6 is 11.8 Å². The third-order valence-corrected chi connectivity index (χ3v) is 3.80. The van der Waals surface area contributed by atoms with E-state index in [9.17, 15) is 0 Å². The minimum Gasteiger partial charge on any atom is -0.396 e. The van der Waals surface area contributed by atoms with Gasteiger partial charge in [0, 0.05) is 23.9 Å². The lowest BCUT2D eigenvalue weighted by Gasteiger charge is -2.07. The maximum absolute atomic E-state index is 9.03. The number of thioether (sulfide) groups is 1. The van der Waals surface area contributed by atoms with Gasteiger partial charge in [-0.3, -0.25) is 0 Å². The van der Waals surface area contributed by atoms with E-state index in [2.05, 4.69) is 40.1 Å². The van der Waals surface area contributed by atoms with Crippen LogP contribution in [-0.4, -0.2) is 27.5 Å². The lowest BCUT2D eigenvalue weighted by atomic mass is 10.1. The highest BCUT2D eigenvalue weighted by molar-refractivity contribution is 7.98. The average Bonchev–Trinajstić information content (AvgIpc) is 2.65. The number of imidazole rings is 1. The number of aryl methyl sites for hydroxylation is 1. The number of aromatic nitrogens is 2. The second-order valence-electron chi connectivity index (χ2n) is 4.22. The van der Waals surface area contributed by atoms with E-state index in [-0.39, 0.29) is 6.61 Å². The Kier molecular flexibility index (Phi) is 4.09. The lowest BCUT2D eigenvalue weighted by Crippen LogP contribution is -2.02. The van der Waals surface area contributed by atoms with Gasteiger partial charge < -0.3 is 9.67 Å². The minimum atomic E-state index is 0.134. The molecule has 0 unspecified atom stereocenters. The van der Waals surface area contributed by atoms with Crippen LogP contribution in [0.25, 0.3) is 11.3 Å². The predicted molar refractivity (Wildman–Crippen MR) is 76.0 cm³/mol. The summed E-state index contributed by atoms with van der Waals surface area (Å²) in [4.78, 5) is 5.78. The van der Waals surface area contributed by atoms with E-state index in [1.807, 2.05) is 14.0 Å². The van der Waals surface area contributed by atoms with Crippen molar-refractivity contribution in [2.24, 2.45) is 7.05 Å². The zero-order chi connectivity index (χ0) is 13.1. The Bertz CT molecular complexity index is 531. The third-order valence-electron chi connectivity index (χ3n) is 3.06. The molecule has 0 atom stereocenters. The molecule has 0 aliphatic carbocycles. The van der Waals surface area contributed by atoms with Crippen LogP contribution in [0.1, 0.15) is 11.5 Å². The van der Waals surface area contributed by atoms with E-state index < -0.39 is 0 Å². The Morgan fingerprint density at radius 2 is 1.94 bits per heavy atom. The molecule has 0 bridgehead atoms. The van der Waals surface area contributed by atoms with E-state index in [0.717, 1.165) is 17.2 Å². The highest BCUT2D eigenvalue weighted by Gasteiger charge is 2.12. The lowest BCUT2D eigenvalue weighted by molar-refractivity contribution is 0.295. The quantitative estimate of drug-likeness (QED) is 0.861. The second-order valence-corrected chi connectivity index (χ2v) is 5.10. The molecule has 0 saturated carbocycles. The largest absolute Gasteiger partial charge is 0.396 e. The van der Waals surface area contributed by atoms with Crippen LogP contribution < -0.4 is 0 Å². The van der Waals surface area contributed by atoms with E-state index >= 15 is 0 Å². The fourth-order valence-corrected chi connectivity index (χ4v) is 2.58. The Morgan fingerprint density at radius 3 is 2.50 bits per heavy atom. The van der Waals surface area contributed by atoms with Crippen molar-refractivity contribution in [3.8, 4) is 11.3 Å². The maximum atomic E-state index is 9.03. The van der Waals surface area contributed by atoms with Crippen molar-refractivity contribution in [1.82, 2.24) is 9.55 Å². The number of benzene rings is 1. The van der Waals surface area contributed by atoms with Crippen LogP contribution in [0.2, 0.25) is 0 Å². The summed E-state index contributed by atoms with van der Waals surface area (Å²) in [5, 5.41) is 9.03. The number of aliphatic hydroxyl groups is 1. The topological polar surface area (TPSA) is 38.1 Å². The number of rotatable bonds is 4. The van der Waals surface area contributed by atoms with Crippen molar-refractivity contribution in [3.63, 3.8) is 0 Å². The summed E-state index contributed by atoms with van der Waals surface area (Å²) in [5.41, 5.74) is 3.31. The SMILES string of the molecule is CSc1ccc(-c2c(C)nc(CCO)n2C)cc1. The van der Waals surface area contributed by atoms with Crippen molar-refractivity contribution >= 4 is 11.8 Å². The predicted octanol–water partition coefficient (Wildman–Crippen LogP) is 2.65. The third kappa shape index (κ3) is 2.44. The van der Waals surface area contributed by atoms with Crippen molar-refractivity contribution in [2.45, 2.75) is 18.2 Å². The number of hydrogen-bond donors (Lipinski definition) is 1. The first kappa shape index (κ1) is 13.2. The first-order valence-electron chi connectivity index (χ1n) is 5.95. The molecular formula is C14H18N2OS. The molecule has 0 spiro atoms. The van der Waals surface area contributed by atoms with Crippen LogP contribution in [0, 0.1) is 6.92 Å². The van der Waals surface area contributed by atoms with Gasteiger partial charge in [0.2, 0.25) is 0 Å². The van der Waals surface area contributed by atoms with Crippen LogP contribution in [0.4, 0.5) is 0 Å². The molecule has 0 aliphatic rings. The van der Waals surface area contributed by atoms with Gasteiger partial charge in [-0.2, -0.15) is 0 Å². The Hall–Kier alpha value is -1.26. The molecule has 1 heterocycles. The zero-order valence-electron chi connectivity index (χ0n) is 11.0. The van der Waals surface area contributed by atoms with Gasteiger partial charge in [0.15, 0.2) is 0 Å². The summed E-state index contributed by atoms with van der Waals surface area (Å²) >= 11 is 1.74. The summed E-state index contributed by atoms with van der Waals surface area (Å²) in [6.45, 7) is 2.15. The molecule has 0 aliphatic heterocycles. The van der Waals surface area contributed by atoms with Crippen molar-refractivity contribution in [2.75, 3.05) is 12.9 Å². The van der Waals surface area contributed by atoms with Crippen molar-refractivity contribution in [3.05, 3.63) is 35.8 Å². The molecule has 0 radical (unpaired) electrons. The molecule has 0 saturated heterocycles. The molecule has 1 aromatic heterocycles. The molecule has 0 amide bonds. The van der Waals surface area contributed by atoms with Gasteiger partial charge >= 0.3 is 0 Å². The molecule has 1 N–H and O–H groups in total. The maximum Gasteiger partial charge on any atom is 0.111 e. The van der Waals surface area contributed by atoms with Crippen molar-refractivity contribution < 1.29 is 5.11 Å². The van der Waals surface area contributed by atoms with E-state index in [0.29, 0.717) is 6.42 Å².